The summed E-state index contributed by atoms with van der Waals surface area (Å²) in [4.78, 5) is 12.6. The Hall–Kier alpha value is -1.55. The SMILES string of the molecule is N=C1NC(=O)CN1c1ccc(Cl)cc1. The minimum Gasteiger partial charge on any atom is -0.303 e. The Balaban J connectivity index is 2.27. The lowest BCUT2D eigenvalue weighted by Crippen LogP contribution is -2.28. The van der Waals surface area contributed by atoms with E-state index in [9.17, 15) is 4.79 Å². The lowest BCUT2D eigenvalue weighted by atomic mass is 10.3. The smallest absolute Gasteiger partial charge is 0.246 e. The van der Waals surface area contributed by atoms with E-state index in [2.05, 4.69) is 5.32 Å². The summed E-state index contributed by atoms with van der Waals surface area (Å²) < 4.78 is 0. The average molecular weight is 210 g/mol. The number of carbonyl (C=O) groups excluding carboxylic acids is 1. The number of nitrogens with one attached hydrogen (secondary N) is 2. The zero-order valence-corrected chi connectivity index (χ0v) is 8.01. The van der Waals surface area contributed by atoms with Crippen LogP contribution in [-0.2, 0) is 4.79 Å². The molecule has 0 radical (unpaired) electrons. The van der Waals surface area contributed by atoms with Crippen LogP contribution in [0.15, 0.2) is 24.3 Å². The van der Waals surface area contributed by atoms with Gasteiger partial charge in [0.25, 0.3) is 0 Å². The van der Waals surface area contributed by atoms with Crippen LogP contribution in [0.3, 0.4) is 0 Å². The van der Waals surface area contributed by atoms with Crippen molar-refractivity contribution in [2.45, 2.75) is 0 Å². The highest BCUT2D eigenvalue weighted by molar-refractivity contribution is 6.30. The van der Waals surface area contributed by atoms with Crippen LogP contribution in [0, 0.1) is 5.41 Å². The molecule has 5 heteroatoms. The number of anilines is 1. The van der Waals surface area contributed by atoms with E-state index in [0.29, 0.717) is 5.02 Å². The summed E-state index contributed by atoms with van der Waals surface area (Å²) in [6.07, 6.45) is 0. The summed E-state index contributed by atoms with van der Waals surface area (Å²) >= 11 is 5.73. The quantitative estimate of drug-likeness (QED) is 0.731. The molecule has 1 heterocycles. The Morgan fingerprint density at radius 2 is 2.00 bits per heavy atom. The van der Waals surface area contributed by atoms with Crippen molar-refractivity contribution in [2.24, 2.45) is 0 Å². The molecule has 0 bridgehead atoms. The van der Waals surface area contributed by atoms with Crippen LogP contribution in [0.5, 0.6) is 0 Å². The lowest BCUT2D eigenvalue weighted by Gasteiger charge is -2.14. The van der Waals surface area contributed by atoms with E-state index in [-0.39, 0.29) is 18.4 Å². The molecule has 0 atom stereocenters. The van der Waals surface area contributed by atoms with Crippen molar-refractivity contribution in [1.82, 2.24) is 5.32 Å². The molecule has 14 heavy (non-hydrogen) atoms. The third-order valence-corrected chi connectivity index (χ3v) is 2.22. The summed E-state index contributed by atoms with van der Waals surface area (Å²) in [5.74, 6) is -0.0535. The van der Waals surface area contributed by atoms with Crippen molar-refractivity contribution < 1.29 is 4.79 Å². The maximum atomic E-state index is 11.0. The zero-order valence-electron chi connectivity index (χ0n) is 7.25. The molecule has 1 fully saturated rings. The highest BCUT2D eigenvalue weighted by Crippen LogP contribution is 2.19. The van der Waals surface area contributed by atoms with E-state index < -0.39 is 0 Å². The third kappa shape index (κ3) is 1.56. The molecular weight excluding hydrogens is 202 g/mol. The first kappa shape index (κ1) is 9.02. The van der Waals surface area contributed by atoms with Gasteiger partial charge >= 0.3 is 0 Å². The topological polar surface area (TPSA) is 56.2 Å². The first-order valence-corrected chi connectivity index (χ1v) is 4.46. The number of guanidine groups is 1. The predicted molar refractivity (Wildman–Crippen MR) is 54.7 cm³/mol. The summed E-state index contributed by atoms with van der Waals surface area (Å²) in [5, 5.41) is 10.5. The Morgan fingerprint density at radius 3 is 2.50 bits per heavy atom. The summed E-state index contributed by atoms with van der Waals surface area (Å²) in [6.45, 7) is 0.195. The van der Waals surface area contributed by atoms with Crippen molar-refractivity contribution in [3.8, 4) is 0 Å². The molecule has 1 aromatic rings. The highest BCUT2D eigenvalue weighted by atomic mass is 35.5. The van der Waals surface area contributed by atoms with Crippen LogP contribution < -0.4 is 10.2 Å². The van der Waals surface area contributed by atoms with E-state index in [1.54, 1.807) is 29.2 Å². The Morgan fingerprint density at radius 1 is 1.36 bits per heavy atom. The van der Waals surface area contributed by atoms with Gasteiger partial charge in [-0.15, -0.1) is 0 Å². The van der Waals surface area contributed by atoms with Gasteiger partial charge in [-0.25, -0.2) is 0 Å². The Labute approximate surface area is 86.0 Å². The number of nitrogens with zero attached hydrogens (tertiary/aromatic N) is 1. The molecule has 4 nitrogen and oxygen atoms in total. The van der Waals surface area contributed by atoms with Gasteiger partial charge in [-0.3, -0.25) is 15.5 Å². The van der Waals surface area contributed by atoms with Crippen LogP contribution in [-0.4, -0.2) is 18.4 Å². The van der Waals surface area contributed by atoms with Gasteiger partial charge in [0.05, 0.1) is 0 Å². The van der Waals surface area contributed by atoms with Crippen molar-refractivity contribution in [2.75, 3.05) is 11.4 Å². The fourth-order valence-electron chi connectivity index (χ4n) is 1.30. The van der Waals surface area contributed by atoms with Crippen LogP contribution in [0.25, 0.3) is 0 Å². The molecule has 2 N–H and O–H groups in total. The van der Waals surface area contributed by atoms with Crippen molar-refractivity contribution in [3.05, 3.63) is 29.3 Å². The number of hydrogen-bond donors (Lipinski definition) is 2. The number of rotatable bonds is 1. The summed E-state index contributed by atoms with van der Waals surface area (Å²) in [5.41, 5.74) is 0.790. The second-order valence-electron chi connectivity index (χ2n) is 2.96. The predicted octanol–water partition coefficient (Wildman–Crippen LogP) is 1.21. The molecule has 0 spiro atoms. The monoisotopic (exact) mass is 209 g/mol. The Kier molecular flexibility index (Phi) is 2.13. The van der Waals surface area contributed by atoms with Gasteiger partial charge < -0.3 is 4.90 Å². The Bertz CT molecular complexity index is 388. The van der Waals surface area contributed by atoms with Crippen molar-refractivity contribution >= 4 is 29.2 Å². The minimum atomic E-state index is -0.162. The first-order valence-electron chi connectivity index (χ1n) is 4.08. The summed E-state index contributed by atoms with van der Waals surface area (Å²) in [6, 6.07) is 7.01. The number of carbonyl (C=O) groups is 1. The molecule has 0 unspecified atom stereocenters. The minimum absolute atomic E-state index is 0.109. The number of amides is 1. The van der Waals surface area contributed by atoms with Crippen molar-refractivity contribution in [3.63, 3.8) is 0 Å². The highest BCUT2D eigenvalue weighted by Gasteiger charge is 2.24. The fraction of sp³-hybridized carbons (Fsp3) is 0.111. The summed E-state index contributed by atoms with van der Waals surface area (Å²) in [7, 11) is 0. The zero-order chi connectivity index (χ0) is 10.1. The van der Waals surface area contributed by atoms with Crippen molar-refractivity contribution in [1.29, 1.82) is 5.41 Å². The molecule has 1 saturated heterocycles. The molecule has 1 aromatic carbocycles. The molecule has 1 aliphatic rings. The van der Waals surface area contributed by atoms with Gasteiger partial charge in [-0.2, -0.15) is 0 Å². The largest absolute Gasteiger partial charge is 0.303 e. The molecule has 1 aliphatic heterocycles. The number of hydrogen-bond acceptors (Lipinski definition) is 2. The van der Waals surface area contributed by atoms with E-state index in [4.69, 9.17) is 17.0 Å². The molecule has 2 rings (SSSR count). The van der Waals surface area contributed by atoms with Gasteiger partial charge in [-0.1, -0.05) is 11.6 Å². The molecule has 72 valence electrons. The van der Waals surface area contributed by atoms with Crippen LogP contribution in [0.4, 0.5) is 5.69 Å². The van der Waals surface area contributed by atoms with Crippen LogP contribution >= 0.6 is 11.6 Å². The fourth-order valence-corrected chi connectivity index (χ4v) is 1.43. The number of benzene rings is 1. The second kappa shape index (κ2) is 3.31. The van der Waals surface area contributed by atoms with E-state index >= 15 is 0 Å². The van der Waals surface area contributed by atoms with E-state index in [1.807, 2.05) is 0 Å². The van der Waals surface area contributed by atoms with E-state index in [0.717, 1.165) is 5.69 Å². The molecule has 0 saturated carbocycles. The van der Waals surface area contributed by atoms with Gasteiger partial charge in [0.15, 0.2) is 0 Å². The molecule has 1 amide bonds. The second-order valence-corrected chi connectivity index (χ2v) is 3.40. The third-order valence-electron chi connectivity index (χ3n) is 1.97. The maximum Gasteiger partial charge on any atom is 0.246 e. The van der Waals surface area contributed by atoms with Gasteiger partial charge in [0, 0.05) is 10.7 Å². The normalized spacial score (nSPS) is 15.9. The van der Waals surface area contributed by atoms with Crippen LogP contribution in [0.1, 0.15) is 0 Å². The number of halogens is 1. The molecule has 0 aliphatic carbocycles. The first-order chi connectivity index (χ1) is 6.66. The van der Waals surface area contributed by atoms with Gasteiger partial charge in [0.1, 0.15) is 6.54 Å². The van der Waals surface area contributed by atoms with Crippen LogP contribution in [0.2, 0.25) is 5.02 Å². The molecule has 0 aromatic heterocycles. The lowest BCUT2D eigenvalue weighted by molar-refractivity contribution is -0.117. The average Bonchev–Trinajstić information content (AvgIpc) is 2.47. The van der Waals surface area contributed by atoms with Gasteiger partial charge in [0.2, 0.25) is 11.9 Å². The van der Waals surface area contributed by atoms with E-state index in [1.165, 1.54) is 0 Å². The molecular formula is C9H8ClN3O. The van der Waals surface area contributed by atoms with Gasteiger partial charge in [-0.05, 0) is 24.3 Å². The maximum absolute atomic E-state index is 11.0. The standard InChI is InChI=1S/C9H8ClN3O/c10-6-1-3-7(4-2-6)13-5-8(14)12-9(13)11/h1-4H,5H2,(H2,11,12,14).